The fourth-order valence-electron chi connectivity index (χ4n) is 4.33. The van der Waals surface area contributed by atoms with Crippen LogP contribution in [0.5, 0.6) is 5.75 Å². The molecule has 3 rings (SSSR count). The molecule has 3 aromatic carbocycles. The van der Waals surface area contributed by atoms with Crippen LogP contribution in [0.25, 0.3) is 0 Å². The van der Waals surface area contributed by atoms with Gasteiger partial charge in [-0.05, 0) is 41.8 Å². The van der Waals surface area contributed by atoms with Crippen molar-refractivity contribution in [3.63, 3.8) is 0 Å². The maximum absolute atomic E-state index is 14.2. The summed E-state index contributed by atoms with van der Waals surface area (Å²) in [6.45, 7) is 1.84. The van der Waals surface area contributed by atoms with Crippen LogP contribution in [0.4, 0.5) is 5.69 Å². The highest BCUT2D eigenvalue weighted by Gasteiger charge is 2.33. The van der Waals surface area contributed by atoms with Crippen molar-refractivity contribution < 1.29 is 22.7 Å². The number of hydrogen-bond donors (Lipinski definition) is 1. The number of methoxy groups -OCH3 is 1. The second kappa shape index (κ2) is 15.5. The van der Waals surface area contributed by atoms with E-state index in [0.717, 1.165) is 29.0 Å². The van der Waals surface area contributed by atoms with E-state index in [0.29, 0.717) is 17.9 Å². The van der Waals surface area contributed by atoms with Gasteiger partial charge in [0.15, 0.2) is 0 Å². The summed E-state index contributed by atoms with van der Waals surface area (Å²) in [5.74, 6) is -0.383. The van der Waals surface area contributed by atoms with Crippen molar-refractivity contribution in [2.75, 3.05) is 30.8 Å². The Kier molecular flexibility index (Phi) is 12.4. The molecule has 1 N–H and O–H groups in total. The summed E-state index contributed by atoms with van der Waals surface area (Å²) in [5, 5.41) is 3.15. The zero-order valence-electron chi connectivity index (χ0n) is 23.6. The van der Waals surface area contributed by atoms with E-state index < -0.39 is 28.5 Å². The van der Waals surface area contributed by atoms with Gasteiger partial charge in [-0.25, -0.2) is 8.42 Å². The van der Waals surface area contributed by atoms with Crippen LogP contribution in [-0.2, 0) is 32.6 Å². The molecule has 0 saturated carbocycles. The molecule has 12 heteroatoms. The van der Waals surface area contributed by atoms with E-state index in [1.54, 1.807) is 18.2 Å². The smallest absolute Gasteiger partial charge is 0.244 e. The molecule has 42 heavy (non-hydrogen) atoms. The number of hydrogen-bond acceptors (Lipinski definition) is 5. The van der Waals surface area contributed by atoms with Gasteiger partial charge in [-0.15, -0.1) is 0 Å². The van der Waals surface area contributed by atoms with E-state index in [4.69, 9.17) is 39.5 Å². The number of carbonyl (C=O) groups is 2. The SMILES string of the molecule is CCCCNC(=O)C(Cc1ccccc1)N(Cc1cccc(OC)c1)C(=O)CN(c1cc(Cl)c(Cl)cc1Cl)S(C)(=O)=O. The van der Waals surface area contributed by atoms with Crippen molar-refractivity contribution >= 4 is 62.3 Å². The lowest BCUT2D eigenvalue weighted by molar-refractivity contribution is -0.140. The standard InChI is InChI=1S/C30H34Cl3N3O5S/c1-4-5-14-34-30(38)28(16-21-10-7-6-8-11-21)35(19-22-12-9-13-23(15-22)41-2)29(37)20-36(42(3,39)40)27-18-25(32)24(31)17-26(27)33/h6-13,15,17-18,28H,4-5,14,16,19-20H2,1-3H3,(H,34,38). The van der Waals surface area contributed by atoms with Crippen molar-refractivity contribution in [3.05, 3.63) is 92.9 Å². The maximum Gasteiger partial charge on any atom is 0.244 e. The van der Waals surface area contributed by atoms with Gasteiger partial charge in [-0.2, -0.15) is 0 Å². The van der Waals surface area contributed by atoms with Crippen molar-refractivity contribution in [2.45, 2.75) is 38.8 Å². The van der Waals surface area contributed by atoms with Crippen LogP contribution in [0, 0.1) is 0 Å². The molecule has 0 aliphatic carbocycles. The van der Waals surface area contributed by atoms with Gasteiger partial charge < -0.3 is 15.0 Å². The average molecular weight is 655 g/mol. The normalized spacial score (nSPS) is 12.0. The monoisotopic (exact) mass is 653 g/mol. The van der Waals surface area contributed by atoms with Crippen LogP contribution < -0.4 is 14.4 Å². The molecule has 0 spiro atoms. The number of halogens is 3. The predicted molar refractivity (Wildman–Crippen MR) is 169 cm³/mol. The number of ether oxygens (including phenoxy) is 1. The number of amides is 2. The number of anilines is 1. The Hall–Kier alpha value is -2.98. The van der Waals surface area contributed by atoms with Crippen LogP contribution in [0.3, 0.4) is 0 Å². The van der Waals surface area contributed by atoms with E-state index in [9.17, 15) is 18.0 Å². The van der Waals surface area contributed by atoms with Gasteiger partial charge >= 0.3 is 0 Å². The van der Waals surface area contributed by atoms with E-state index in [-0.39, 0.29) is 39.6 Å². The molecule has 0 fully saturated rings. The minimum atomic E-state index is -4.03. The summed E-state index contributed by atoms with van der Waals surface area (Å²) in [6.07, 6.45) is 2.82. The molecule has 0 heterocycles. The Labute approximate surface area is 262 Å². The number of nitrogens with one attached hydrogen (secondary N) is 1. The molecule has 0 aliphatic rings. The lowest BCUT2D eigenvalue weighted by atomic mass is 10.0. The minimum Gasteiger partial charge on any atom is -0.497 e. The van der Waals surface area contributed by atoms with E-state index in [2.05, 4.69) is 5.32 Å². The Balaban J connectivity index is 2.09. The van der Waals surface area contributed by atoms with Crippen molar-refractivity contribution in [1.82, 2.24) is 10.2 Å². The number of carbonyl (C=O) groups excluding carboxylic acids is 2. The highest BCUT2D eigenvalue weighted by Crippen LogP contribution is 2.35. The van der Waals surface area contributed by atoms with Gasteiger partial charge in [0.1, 0.15) is 18.3 Å². The number of unbranched alkanes of at least 4 members (excludes halogenated alkanes) is 1. The quantitative estimate of drug-likeness (QED) is 0.171. The Bertz CT molecular complexity index is 1490. The molecular formula is C30H34Cl3N3O5S. The highest BCUT2D eigenvalue weighted by atomic mass is 35.5. The molecule has 0 aromatic heterocycles. The number of nitrogens with zero attached hydrogens (tertiary/aromatic N) is 2. The number of sulfonamides is 1. The first-order valence-electron chi connectivity index (χ1n) is 13.3. The van der Waals surface area contributed by atoms with Crippen molar-refractivity contribution in [2.24, 2.45) is 0 Å². The molecule has 2 amide bonds. The van der Waals surface area contributed by atoms with Crippen LogP contribution in [0.1, 0.15) is 30.9 Å². The van der Waals surface area contributed by atoms with Gasteiger partial charge in [0, 0.05) is 19.5 Å². The van der Waals surface area contributed by atoms with Gasteiger partial charge in [0.25, 0.3) is 0 Å². The third-order valence-electron chi connectivity index (χ3n) is 6.53. The summed E-state index contributed by atoms with van der Waals surface area (Å²) in [4.78, 5) is 29.2. The maximum atomic E-state index is 14.2. The lowest BCUT2D eigenvalue weighted by Gasteiger charge is -2.33. The van der Waals surface area contributed by atoms with Gasteiger partial charge in [-0.3, -0.25) is 13.9 Å². The average Bonchev–Trinajstić information content (AvgIpc) is 2.95. The lowest BCUT2D eigenvalue weighted by Crippen LogP contribution is -2.53. The van der Waals surface area contributed by atoms with Crippen LogP contribution in [0.15, 0.2) is 66.7 Å². The fourth-order valence-corrected chi connectivity index (χ4v) is 5.87. The summed E-state index contributed by atoms with van der Waals surface area (Å²) >= 11 is 18.6. The molecule has 3 aromatic rings. The molecule has 8 nitrogen and oxygen atoms in total. The first-order chi connectivity index (χ1) is 19.9. The van der Waals surface area contributed by atoms with Gasteiger partial charge in [0.05, 0.1) is 34.1 Å². The van der Waals surface area contributed by atoms with E-state index in [1.165, 1.54) is 24.1 Å². The summed E-state index contributed by atoms with van der Waals surface area (Å²) in [7, 11) is -2.49. The van der Waals surface area contributed by atoms with Crippen LogP contribution in [0.2, 0.25) is 15.1 Å². The molecule has 1 atom stereocenters. The summed E-state index contributed by atoms with van der Waals surface area (Å²) in [5.41, 5.74) is 1.53. The summed E-state index contributed by atoms with van der Waals surface area (Å²) in [6, 6.07) is 18.1. The second-order valence-electron chi connectivity index (χ2n) is 9.71. The van der Waals surface area contributed by atoms with Crippen molar-refractivity contribution in [1.29, 1.82) is 0 Å². The molecular weight excluding hydrogens is 621 g/mol. The molecule has 0 radical (unpaired) electrons. The Morgan fingerprint density at radius 2 is 1.60 bits per heavy atom. The van der Waals surface area contributed by atoms with Crippen LogP contribution >= 0.6 is 34.8 Å². The third kappa shape index (κ3) is 9.26. The molecule has 0 saturated heterocycles. The Morgan fingerprint density at radius 3 is 2.24 bits per heavy atom. The molecule has 0 bridgehead atoms. The topological polar surface area (TPSA) is 96.0 Å². The largest absolute Gasteiger partial charge is 0.497 e. The molecule has 226 valence electrons. The first-order valence-corrected chi connectivity index (χ1v) is 16.3. The zero-order valence-corrected chi connectivity index (χ0v) is 26.7. The first kappa shape index (κ1) is 33.5. The predicted octanol–water partition coefficient (Wildman–Crippen LogP) is 5.98. The van der Waals surface area contributed by atoms with Gasteiger partial charge in [0.2, 0.25) is 21.8 Å². The molecule has 0 aliphatic heterocycles. The van der Waals surface area contributed by atoms with Crippen LogP contribution in [-0.4, -0.2) is 57.6 Å². The molecule has 1 unspecified atom stereocenters. The van der Waals surface area contributed by atoms with Crippen molar-refractivity contribution in [3.8, 4) is 5.75 Å². The second-order valence-corrected chi connectivity index (χ2v) is 12.8. The number of rotatable bonds is 14. The highest BCUT2D eigenvalue weighted by molar-refractivity contribution is 7.92. The van der Waals surface area contributed by atoms with E-state index >= 15 is 0 Å². The fraction of sp³-hybridized carbons (Fsp3) is 0.333. The third-order valence-corrected chi connectivity index (χ3v) is 8.68. The van der Waals surface area contributed by atoms with Gasteiger partial charge in [-0.1, -0.05) is 90.6 Å². The zero-order chi connectivity index (χ0) is 30.9. The summed E-state index contributed by atoms with van der Waals surface area (Å²) < 4.78 is 32.2. The minimum absolute atomic E-state index is 0.000106. The van der Waals surface area contributed by atoms with E-state index in [1.807, 2.05) is 43.3 Å². The number of benzene rings is 3. The Morgan fingerprint density at radius 1 is 0.929 bits per heavy atom.